The van der Waals surface area contributed by atoms with Gasteiger partial charge in [-0.25, -0.2) is 9.97 Å². The van der Waals surface area contributed by atoms with Crippen molar-refractivity contribution in [2.45, 2.75) is 0 Å². The van der Waals surface area contributed by atoms with Crippen LogP contribution in [0.5, 0.6) is 0 Å². The first-order valence-corrected chi connectivity index (χ1v) is 18.5. The fourth-order valence-corrected chi connectivity index (χ4v) is 7.44. The molecule has 3 aromatic heterocycles. The molecule has 2 aliphatic heterocycles. The third-order valence-electron chi connectivity index (χ3n) is 9.43. The minimum atomic E-state index is -0.421. The SMILES string of the molecule is O=[N+]([O-])C1=Cc2nc1c(-c1ccc(Cl)cc1)c1ccc([n-]1)c(-c1ccc(Cl)cc1)c1ccc([n-]1)c(-c1ccc(Cl)cc1)c1nc(c2-c2ccc(Cl)cc2)C=C1.[Ni+2]. The number of aromatic nitrogens is 4. The van der Waals surface area contributed by atoms with E-state index in [-0.39, 0.29) is 27.9 Å². The zero-order valence-electron chi connectivity index (χ0n) is 28.7. The Labute approximate surface area is 350 Å². The van der Waals surface area contributed by atoms with Crippen LogP contribution < -0.4 is 9.97 Å². The number of rotatable bonds is 5. The molecule has 7 aromatic rings. The van der Waals surface area contributed by atoms with Gasteiger partial charge in [-0.3, -0.25) is 10.1 Å². The van der Waals surface area contributed by atoms with Gasteiger partial charge in [-0.1, -0.05) is 119 Å². The van der Waals surface area contributed by atoms with Gasteiger partial charge in [0.05, 0.1) is 22.0 Å². The maximum Gasteiger partial charge on any atom is 2.00 e. The Hall–Kier alpha value is -5.47. The first-order valence-electron chi connectivity index (χ1n) is 17.0. The Morgan fingerprint density at radius 1 is 0.446 bits per heavy atom. The summed E-state index contributed by atoms with van der Waals surface area (Å²) >= 11 is 25.4. The second kappa shape index (κ2) is 15.2. The number of nitro groups is 1. The van der Waals surface area contributed by atoms with Crippen LogP contribution in [0.15, 0.2) is 121 Å². The predicted molar refractivity (Wildman–Crippen MR) is 225 cm³/mol. The molecule has 12 heteroatoms. The van der Waals surface area contributed by atoms with E-state index < -0.39 is 4.92 Å². The second-order valence-corrected chi connectivity index (χ2v) is 14.6. The molecule has 0 amide bonds. The van der Waals surface area contributed by atoms with Gasteiger partial charge in [-0.05, 0) is 99.6 Å². The first kappa shape index (κ1) is 37.5. The number of nitrogens with zero attached hydrogens (tertiary/aromatic N) is 5. The molecule has 4 aromatic carbocycles. The zero-order chi connectivity index (χ0) is 37.8. The van der Waals surface area contributed by atoms with Gasteiger partial charge in [0.15, 0.2) is 0 Å². The first-order chi connectivity index (χ1) is 26.7. The molecular weight excluding hydrogens is 831 g/mol. The molecule has 274 valence electrons. The monoisotopic (exact) mass is 851 g/mol. The van der Waals surface area contributed by atoms with Crippen molar-refractivity contribution in [1.82, 2.24) is 19.9 Å². The standard InChI is InChI=1S/C44H23Cl4N5O2.Ni/c45-28-9-1-24(2-10-28)40-32-17-18-33(49-32)41(25-3-11-29(46)12-4-25)35-21-22-37(51-35)43(27-7-15-31(48)16-8-27)44-39(53(54)55)23-38(52-44)42(36-20-19-34(40)50-36)26-5-13-30(47)14-6-26;/h1-23H;/q-2;+2. The molecule has 0 aliphatic carbocycles. The summed E-state index contributed by atoms with van der Waals surface area (Å²) in [7, 11) is 0. The van der Waals surface area contributed by atoms with Gasteiger partial charge < -0.3 is 9.97 Å². The van der Waals surface area contributed by atoms with Crippen molar-refractivity contribution in [2.75, 3.05) is 0 Å². The van der Waals surface area contributed by atoms with Gasteiger partial charge >= 0.3 is 16.5 Å². The number of fused-ring (bicyclic) bond motifs is 8. The van der Waals surface area contributed by atoms with E-state index >= 15 is 0 Å². The van der Waals surface area contributed by atoms with E-state index in [4.69, 9.17) is 66.3 Å². The third kappa shape index (κ3) is 6.96. The van der Waals surface area contributed by atoms with Gasteiger partial charge in [-0.15, -0.1) is 22.1 Å². The molecule has 0 radical (unpaired) electrons. The topological polar surface area (TPSA) is 97.1 Å². The van der Waals surface area contributed by atoms with E-state index in [9.17, 15) is 10.1 Å². The van der Waals surface area contributed by atoms with Gasteiger partial charge in [0.1, 0.15) is 5.69 Å². The molecule has 0 spiro atoms. The van der Waals surface area contributed by atoms with Crippen molar-refractivity contribution in [2.24, 2.45) is 0 Å². The second-order valence-electron chi connectivity index (χ2n) is 12.8. The fraction of sp³-hybridized carbons (Fsp3) is 0. The van der Waals surface area contributed by atoms with Crippen molar-refractivity contribution >= 4 is 92.4 Å². The van der Waals surface area contributed by atoms with Crippen LogP contribution in [0.2, 0.25) is 20.1 Å². The Balaban J connectivity index is 0.00000441. The van der Waals surface area contributed by atoms with Crippen molar-refractivity contribution in [3.63, 3.8) is 0 Å². The molecule has 5 heterocycles. The number of benzene rings is 4. The minimum Gasteiger partial charge on any atom is -0.657 e. The quantitative estimate of drug-likeness (QED) is 0.0972. The van der Waals surface area contributed by atoms with Crippen LogP contribution in [0.25, 0.3) is 90.5 Å². The molecule has 2 aliphatic rings. The number of hydrogen-bond donors (Lipinski definition) is 0. The van der Waals surface area contributed by atoms with E-state index in [1.54, 1.807) is 36.4 Å². The van der Waals surface area contributed by atoms with Crippen LogP contribution >= 0.6 is 46.4 Å². The van der Waals surface area contributed by atoms with E-state index in [2.05, 4.69) is 0 Å². The summed E-state index contributed by atoms with van der Waals surface area (Å²) < 4.78 is 0. The van der Waals surface area contributed by atoms with Crippen LogP contribution in [0, 0.1) is 10.1 Å². The van der Waals surface area contributed by atoms with E-state index in [0.29, 0.717) is 75.9 Å². The van der Waals surface area contributed by atoms with E-state index in [0.717, 1.165) is 27.8 Å². The normalized spacial score (nSPS) is 12.0. The van der Waals surface area contributed by atoms with E-state index in [1.807, 2.05) is 97.1 Å². The maximum atomic E-state index is 13.0. The molecule has 0 atom stereocenters. The summed E-state index contributed by atoms with van der Waals surface area (Å²) in [6.45, 7) is 0. The van der Waals surface area contributed by atoms with Crippen LogP contribution in [0.4, 0.5) is 0 Å². The summed E-state index contributed by atoms with van der Waals surface area (Å²) in [6, 6.07) is 36.9. The summed E-state index contributed by atoms with van der Waals surface area (Å²) in [5, 5.41) is 15.2. The smallest absolute Gasteiger partial charge is 0.657 e. The van der Waals surface area contributed by atoms with Crippen LogP contribution in [0.1, 0.15) is 22.8 Å². The van der Waals surface area contributed by atoms with Crippen molar-refractivity contribution < 1.29 is 21.4 Å². The maximum absolute atomic E-state index is 13.0. The Kier molecular flexibility index (Phi) is 10.2. The molecule has 7 nitrogen and oxygen atoms in total. The Bertz CT molecular complexity index is 2920. The minimum absolute atomic E-state index is 0. The molecule has 0 saturated carbocycles. The Morgan fingerprint density at radius 3 is 1.25 bits per heavy atom. The molecule has 0 N–H and O–H groups in total. The van der Waals surface area contributed by atoms with Crippen molar-refractivity contribution in [1.29, 1.82) is 0 Å². The molecule has 0 fully saturated rings. The molecule has 0 unspecified atom stereocenters. The fourth-order valence-electron chi connectivity index (χ4n) is 6.93. The average molecular weight is 854 g/mol. The summed E-state index contributed by atoms with van der Waals surface area (Å²) in [5.74, 6) is 0. The predicted octanol–water partition coefficient (Wildman–Crippen LogP) is 12.8. The number of halogens is 4. The van der Waals surface area contributed by atoms with E-state index in [1.165, 1.54) is 6.08 Å². The number of hydrogen-bond acceptors (Lipinski definition) is 4. The van der Waals surface area contributed by atoms with Gasteiger partial charge in [0.25, 0.3) is 5.70 Å². The molecule has 0 saturated heterocycles. The zero-order valence-corrected chi connectivity index (χ0v) is 32.7. The summed E-state index contributed by atoms with van der Waals surface area (Å²) in [6.07, 6.45) is 5.29. The molecule has 9 rings (SSSR count). The van der Waals surface area contributed by atoms with Crippen LogP contribution in [-0.4, -0.2) is 14.9 Å². The Morgan fingerprint density at radius 2 is 0.804 bits per heavy atom. The van der Waals surface area contributed by atoms with Crippen molar-refractivity contribution in [3.05, 3.63) is 174 Å². The van der Waals surface area contributed by atoms with Crippen LogP contribution in [0.3, 0.4) is 0 Å². The summed E-state index contributed by atoms with van der Waals surface area (Å²) in [5.41, 5.74) is 9.52. The molecule has 56 heavy (non-hydrogen) atoms. The molecule has 8 bridgehead atoms. The average Bonchev–Trinajstić information content (AvgIpc) is 4.01. The molecular formula is C44H23Cl4N5NiO2. The summed E-state index contributed by atoms with van der Waals surface area (Å²) in [4.78, 5) is 33.2. The van der Waals surface area contributed by atoms with Crippen LogP contribution in [-0.2, 0) is 16.5 Å². The van der Waals surface area contributed by atoms with Gasteiger partial charge in [0.2, 0.25) is 0 Å². The third-order valence-corrected chi connectivity index (χ3v) is 10.4. The van der Waals surface area contributed by atoms with Crippen molar-refractivity contribution in [3.8, 4) is 44.5 Å². The largest absolute Gasteiger partial charge is 2.00 e. The van der Waals surface area contributed by atoms with Gasteiger partial charge in [0, 0.05) is 31.7 Å². The van der Waals surface area contributed by atoms with Gasteiger partial charge in [-0.2, -0.15) is 0 Å².